The molecular weight excluding hydrogens is 412 g/mol. The lowest BCUT2D eigenvalue weighted by Crippen LogP contribution is -2.52. The van der Waals surface area contributed by atoms with Crippen molar-refractivity contribution in [2.45, 2.75) is 42.4 Å². The summed E-state index contributed by atoms with van der Waals surface area (Å²) in [4.78, 5) is 47.3. The molecule has 7 nitrogen and oxygen atoms in total. The van der Waals surface area contributed by atoms with E-state index < -0.39 is 5.25 Å². The third-order valence-electron chi connectivity index (χ3n) is 5.55. The molecule has 1 saturated heterocycles. The molecule has 8 heteroatoms. The van der Waals surface area contributed by atoms with E-state index in [-0.39, 0.29) is 24.3 Å². The van der Waals surface area contributed by atoms with E-state index >= 15 is 0 Å². The van der Waals surface area contributed by atoms with Gasteiger partial charge in [0.25, 0.3) is 5.91 Å². The van der Waals surface area contributed by atoms with Crippen LogP contribution in [0.25, 0.3) is 0 Å². The van der Waals surface area contributed by atoms with E-state index in [0.717, 1.165) is 36.1 Å². The van der Waals surface area contributed by atoms with Gasteiger partial charge in [-0.25, -0.2) is 0 Å². The van der Waals surface area contributed by atoms with Gasteiger partial charge in [0.1, 0.15) is 6.54 Å². The van der Waals surface area contributed by atoms with Gasteiger partial charge < -0.3 is 15.1 Å². The van der Waals surface area contributed by atoms with Crippen LogP contribution in [-0.4, -0.2) is 52.5 Å². The predicted octanol–water partition coefficient (Wildman–Crippen LogP) is 2.61. The smallest absolute Gasteiger partial charge is 0.250 e. The topological polar surface area (TPSA) is 82.6 Å². The maximum Gasteiger partial charge on any atom is 0.250 e. The first-order chi connectivity index (χ1) is 15.1. The molecule has 2 aliphatic heterocycles. The zero-order valence-corrected chi connectivity index (χ0v) is 18.1. The summed E-state index contributed by atoms with van der Waals surface area (Å²) in [5, 5.41) is 1.99. The zero-order chi connectivity index (χ0) is 21.6. The lowest BCUT2D eigenvalue weighted by Gasteiger charge is -2.34. The number of benzene rings is 1. The number of rotatable bonds is 5. The highest BCUT2D eigenvalue weighted by molar-refractivity contribution is 8.01. The van der Waals surface area contributed by atoms with Crippen LogP contribution in [0.5, 0.6) is 0 Å². The highest BCUT2D eigenvalue weighted by Gasteiger charge is 2.40. The first-order valence-electron chi connectivity index (χ1n) is 10.6. The quantitative estimate of drug-likeness (QED) is 0.726. The Labute approximate surface area is 186 Å². The molecule has 1 N–H and O–H groups in total. The van der Waals surface area contributed by atoms with E-state index in [1.807, 2.05) is 41.3 Å². The molecular formula is C23H26N4O3S. The fraction of sp³-hybridized carbons (Fsp3) is 0.391. The number of amides is 3. The van der Waals surface area contributed by atoms with Crippen LogP contribution in [0.1, 0.15) is 31.2 Å². The minimum absolute atomic E-state index is 0.125. The molecule has 0 aliphatic carbocycles. The summed E-state index contributed by atoms with van der Waals surface area (Å²) in [5.41, 5.74) is 1.56. The van der Waals surface area contributed by atoms with Crippen LogP contribution in [0.15, 0.2) is 53.7 Å². The Hall–Kier alpha value is -2.87. The van der Waals surface area contributed by atoms with Crippen LogP contribution in [0.2, 0.25) is 0 Å². The van der Waals surface area contributed by atoms with E-state index in [4.69, 9.17) is 0 Å². The Balaban J connectivity index is 1.49. The lowest BCUT2D eigenvalue weighted by atomic mass is 10.2. The molecule has 1 unspecified atom stereocenters. The second-order valence-corrected chi connectivity index (χ2v) is 8.91. The van der Waals surface area contributed by atoms with Crippen LogP contribution >= 0.6 is 11.8 Å². The summed E-state index contributed by atoms with van der Waals surface area (Å²) in [6, 6.07) is 11.1. The van der Waals surface area contributed by atoms with E-state index in [0.29, 0.717) is 25.3 Å². The van der Waals surface area contributed by atoms with E-state index in [9.17, 15) is 14.4 Å². The average molecular weight is 439 g/mol. The van der Waals surface area contributed by atoms with Gasteiger partial charge in [0.15, 0.2) is 5.25 Å². The molecule has 1 aromatic heterocycles. The van der Waals surface area contributed by atoms with E-state index in [1.165, 1.54) is 16.7 Å². The van der Waals surface area contributed by atoms with Crippen LogP contribution in [0, 0.1) is 0 Å². The molecule has 0 saturated carbocycles. The molecule has 1 aromatic carbocycles. The molecule has 2 aromatic rings. The van der Waals surface area contributed by atoms with Gasteiger partial charge in [-0.2, -0.15) is 0 Å². The number of para-hydroxylation sites is 1. The number of aromatic nitrogens is 1. The number of nitrogens with zero attached hydrogens (tertiary/aromatic N) is 3. The maximum absolute atomic E-state index is 13.3. The number of carbonyl (C=O) groups is 3. The lowest BCUT2D eigenvalue weighted by molar-refractivity contribution is -0.135. The molecule has 4 rings (SSSR count). The minimum Gasteiger partial charge on any atom is -0.350 e. The van der Waals surface area contributed by atoms with Crippen molar-refractivity contribution in [2.75, 3.05) is 24.5 Å². The van der Waals surface area contributed by atoms with Crippen molar-refractivity contribution < 1.29 is 14.4 Å². The number of pyridine rings is 1. The Morgan fingerprint density at radius 3 is 2.58 bits per heavy atom. The van der Waals surface area contributed by atoms with Crippen molar-refractivity contribution in [3.63, 3.8) is 0 Å². The van der Waals surface area contributed by atoms with Crippen molar-refractivity contribution in [1.29, 1.82) is 0 Å². The average Bonchev–Trinajstić information content (AvgIpc) is 3.09. The number of likely N-dealkylation sites (tertiary alicyclic amines) is 1. The Morgan fingerprint density at radius 1 is 1.06 bits per heavy atom. The molecule has 1 fully saturated rings. The number of anilines is 1. The monoisotopic (exact) mass is 438 g/mol. The van der Waals surface area contributed by atoms with Crippen molar-refractivity contribution in [2.24, 2.45) is 0 Å². The summed E-state index contributed by atoms with van der Waals surface area (Å²) in [7, 11) is 0. The number of carbonyl (C=O) groups excluding carboxylic acids is 3. The highest BCUT2D eigenvalue weighted by Crippen LogP contribution is 2.39. The fourth-order valence-electron chi connectivity index (χ4n) is 3.90. The van der Waals surface area contributed by atoms with Crippen molar-refractivity contribution >= 4 is 35.2 Å². The molecule has 31 heavy (non-hydrogen) atoms. The van der Waals surface area contributed by atoms with Crippen molar-refractivity contribution in [3.05, 3.63) is 54.4 Å². The van der Waals surface area contributed by atoms with Crippen LogP contribution in [0.3, 0.4) is 0 Å². The van der Waals surface area contributed by atoms with Crippen molar-refractivity contribution in [1.82, 2.24) is 15.2 Å². The third kappa shape index (κ3) is 5.07. The maximum atomic E-state index is 13.3. The first kappa shape index (κ1) is 21.4. The highest BCUT2D eigenvalue weighted by atomic mass is 32.2. The summed E-state index contributed by atoms with van der Waals surface area (Å²) < 4.78 is 0. The van der Waals surface area contributed by atoms with Crippen LogP contribution in [-0.2, 0) is 20.9 Å². The summed E-state index contributed by atoms with van der Waals surface area (Å²) in [6.45, 7) is 1.59. The van der Waals surface area contributed by atoms with Gasteiger partial charge in [-0.1, -0.05) is 31.0 Å². The van der Waals surface area contributed by atoms with E-state index in [1.54, 1.807) is 12.4 Å². The normalized spacial score (nSPS) is 18.8. The van der Waals surface area contributed by atoms with Crippen molar-refractivity contribution in [3.8, 4) is 0 Å². The molecule has 0 radical (unpaired) electrons. The van der Waals surface area contributed by atoms with Gasteiger partial charge in [-0.15, -0.1) is 11.8 Å². The molecule has 1 atom stereocenters. The van der Waals surface area contributed by atoms with Gasteiger partial charge in [-0.3, -0.25) is 19.4 Å². The second-order valence-electron chi connectivity index (χ2n) is 7.77. The number of hydrogen-bond donors (Lipinski definition) is 1. The van der Waals surface area contributed by atoms with Gasteiger partial charge in [0.2, 0.25) is 11.8 Å². The van der Waals surface area contributed by atoms with Gasteiger partial charge >= 0.3 is 0 Å². The number of thioether (sulfide) groups is 1. The Morgan fingerprint density at radius 2 is 1.84 bits per heavy atom. The molecule has 3 heterocycles. The van der Waals surface area contributed by atoms with Gasteiger partial charge in [0.05, 0.1) is 5.69 Å². The molecule has 162 valence electrons. The Bertz CT molecular complexity index is 945. The minimum atomic E-state index is -0.848. The summed E-state index contributed by atoms with van der Waals surface area (Å²) in [6.07, 6.45) is 7.52. The summed E-state index contributed by atoms with van der Waals surface area (Å²) >= 11 is 1.29. The first-order valence-corrected chi connectivity index (χ1v) is 11.5. The third-order valence-corrected chi connectivity index (χ3v) is 6.79. The fourth-order valence-corrected chi connectivity index (χ4v) is 5.08. The molecule has 0 spiro atoms. The summed E-state index contributed by atoms with van der Waals surface area (Å²) in [5.74, 6) is -0.749. The largest absolute Gasteiger partial charge is 0.350 e. The molecule has 0 bridgehead atoms. The van der Waals surface area contributed by atoms with Crippen LogP contribution < -0.4 is 10.2 Å². The van der Waals surface area contributed by atoms with Gasteiger partial charge in [-0.05, 0) is 36.6 Å². The van der Waals surface area contributed by atoms with Crippen LogP contribution in [0.4, 0.5) is 5.69 Å². The van der Waals surface area contributed by atoms with Gasteiger partial charge in [0, 0.05) is 36.9 Å². The Kier molecular flexibility index (Phi) is 6.86. The number of fused-ring (bicyclic) bond motifs is 1. The molecule has 2 aliphatic rings. The second kappa shape index (κ2) is 9.96. The predicted molar refractivity (Wildman–Crippen MR) is 120 cm³/mol. The van der Waals surface area contributed by atoms with E-state index in [2.05, 4.69) is 10.3 Å². The standard InChI is InChI=1S/C23H26N4O3S/c28-20(25-15-17-8-7-11-24-14-17)16-27-18-9-3-4-10-19(18)31-21(23(27)30)22(29)26-12-5-1-2-6-13-26/h3-4,7-11,14,21H,1-2,5-6,12-13,15-16H2,(H,25,28). The number of hydrogen-bond acceptors (Lipinski definition) is 5. The number of nitrogens with one attached hydrogen (secondary N) is 1. The zero-order valence-electron chi connectivity index (χ0n) is 17.3. The SMILES string of the molecule is O=C(CN1C(=O)C(C(=O)N2CCCCCC2)Sc2ccccc21)NCc1cccnc1. The molecule has 3 amide bonds.